The maximum absolute atomic E-state index is 6.17. The number of pyridine rings is 1. The number of benzene rings is 1. The summed E-state index contributed by atoms with van der Waals surface area (Å²) in [5, 5.41) is 3.52. The van der Waals surface area contributed by atoms with Crippen molar-refractivity contribution in [1.82, 2.24) is 10.3 Å². The Morgan fingerprint density at radius 2 is 2.00 bits per heavy atom. The van der Waals surface area contributed by atoms with Gasteiger partial charge in [0.05, 0.1) is 0 Å². The number of rotatable bonds is 5. The molecule has 1 fully saturated rings. The molecule has 0 atom stereocenters. The minimum atomic E-state index is 0.680. The molecule has 0 spiro atoms. The predicted molar refractivity (Wildman–Crippen MR) is 84.8 cm³/mol. The molecular formula is C18H22N2O. The second-order valence-corrected chi connectivity index (χ2v) is 5.89. The van der Waals surface area contributed by atoms with E-state index in [4.69, 9.17) is 4.74 Å². The van der Waals surface area contributed by atoms with Crippen LogP contribution in [0.1, 0.15) is 35.2 Å². The van der Waals surface area contributed by atoms with Gasteiger partial charge >= 0.3 is 0 Å². The Bertz CT molecular complexity index is 648. The fourth-order valence-electron chi connectivity index (χ4n) is 2.29. The summed E-state index contributed by atoms with van der Waals surface area (Å²) in [6, 6.07) is 8.87. The van der Waals surface area contributed by atoms with Gasteiger partial charge in [0.25, 0.3) is 0 Å². The molecule has 110 valence electrons. The highest BCUT2D eigenvalue weighted by molar-refractivity contribution is 5.43. The minimum Gasteiger partial charge on any atom is -0.457 e. The number of ether oxygens (including phenoxy) is 1. The van der Waals surface area contributed by atoms with Crippen LogP contribution in [0.4, 0.5) is 0 Å². The Morgan fingerprint density at radius 3 is 2.76 bits per heavy atom. The first-order valence-electron chi connectivity index (χ1n) is 7.56. The summed E-state index contributed by atoms with van der Waals surface area (Å²) >= 11 is 0. The van der Waals surface area contributed by atoms with Crippen molar-refractivity contribution in [2.75, 3.05) is 0 Å². The number of nitrogens with zero attached hydrogens (tertiary/aromatic N) is 1. The average Bonchev–Trinajstić information content (AvgIpc) is 3.27. The van der Waals surface area contributed by atoms with Crippen molar-refractivity contribution >= 4 is 0 Å². The molecule has 1 aliphatic carbocycles. The Morgan fingerprint density at radius 1 is 1.19 bits per heavy atom. The van der Waals surface area contributed by atoms with Gasteiger partial charge in [-0.05, 0) is 50.8 Å². The van der Waals surface area contributed by atoms with Crippen LogP contribution in [0.3, 0.4) is 0 Å². The van der Waals surface area contributed by atoms with Gasteiger partial charge in [0.15, 0.2) is 0 Å². The molecule has 3 nitrogen and oxygen atoms in total. The van der Waals surface area contributed by atoms with Crippen molar-refractivity contribution in [1.29, 1.82) is 0 Å². The number of hydrogen-bond acceptors (Lipinski definition) is 3. The summed E-state index contributed by atoms with van der Waals surface area (Å²) < 4.78 is 6.17. The first-order chi connectivity index (χ1) is 10.1. The van der Waals surface area contributed by atoms with Crippen LogP contribution in [0.25, 0.3) is 0 Å². The molecule has 3 rings (SSSR count). The summed E-state index contributed by atoms with van der Waals surface area (Å²) in [5.74, 6) is 1.83. The normalized spacial score (nSPS) is 14.2. The van der Waals surface area contributed by atoms with E-state index in [9.17, 15) is 0 Å². The van der Waals surface area contributed by atoms with Crippen molar-refractivity contribution in [3.05, 3.63) is 52.8 Å². The van der Waals surface area contributed by atoms with E-state index >= 15 is 0 Å². The van der Waals surface area contributed by atoms with Gasteiger partial charge < -0.3 is 10.1 Å². The van der Waals surface area contributed by atoms with Crippen molar-refractivity contribution in [2.45, 2.75) is 46.2 Å². The zero-order chi connectivity index (χ0) is 14.8. The van der Waals surface area contributed by atoms with Crippen LogP contribution in [-0.2, 0) is 6.54 Å². The Balaban J connectivity index is 1.85. The fourth-order valence-corrected chi connectivity index (χ4v) is 2.29. The summed E-state index contributed by atoms with van der Waals surface area (Å²) in [6.45, 7) is 7.02. The summed E-state index contributed by atoms with van der Waals surface area (Å²) in [5.41, 5.74) is 4.53. The lowest BCUT2D eigenvalue weighted by molar-refractivity contribution is 0.467. The highest BCUT2D eigenvalue weighted by Gasteiger charge is 2.21. The summed E-state index contributed by atoms with van der Waals surface area (Å²) in [6.07, 6.45) is 4.49. The predicted octanol–water partition coefficient (Wildman–Crippen LogP) is 4.05. The molecule has 1 aromatic heterocycles. The smallest absolute Gasteiger partial charge is 0.135 e. The zero-order valence-corrected chi connectivity index (χ0v) is 12.9. The van der Waals surface area contributed by atoms with Crippen molar-refractivity contribution < 1.29 is 4.74 Å². The Kier molecular flexibility index (Phi) is 3.93. The van der Waals surface area contributed by atoms with E-state index in [0.29, 0.717) is 6.04 Å². The first-order valence-corrected chi connectivity index (χ1v) is 7.56. The van der Waals surface area contributed by atoms with Crippen LogP contribution >= 0.6 is 0 Å². The van der Waals surface area contributed by atoms with Gasteiger partial charge in [-0.25, -0.2) is 0 Å². The first kappa shape index (κ1) is 14.1. The molecule has 0 bridgehead atoms. The third kappa shape index (κ3) is 3.42. The van der Waals surface area contributed by atoms with E-state index in [2.05, 4.69) is 30.2 Å². The van der Waals surface area contributed by atoms with Gasteiger partial charge in [0.1, 0.15) is 11.5 Å². The molecule has 2 aromatic rings. The molecule has 0 saturated heterocycles. The molecule has 1 aliphatic rings. The van der Waals surface area contributed by atoms with Gasteiger partial charge in [-0.2, -0.15) is 0 Å². The third-order valence-corrected chi connectivity index (χ3v) is 4.01. The lowest BCUT2D eigenvalue weighted by Gasteiger charge is -2.14. The van der Waals surface area contributed by atoms with Gasteiger partial charge in [-0.1, -0.05) is 12.1 Å². The van der Waals surface area contributed by atoms with E-state index < -0.39 is 0 Å². The van der Waals surface area contributed by atoms with Crippen molar-refractivity contribution in [3.63, 3.8) is 0 Å². The molecular weight excluding hydrogens is 260 g/mol. The van der Waals surface area contributed by atoms with E-state index in [1.165, 1.54) is 24.0 Å². The van der Waals surface area contributed by atoms with Crippen LogP contribution in [0.2, 0.25) is 0 Å². The Labute approximate surface area is 126 Å². The standard InChI is InChI=1S/C18H22N2O/c1-12-5-4-6-17(14(12)3)21-18-9-13(2)19-10-15(18)11-20-16-7-8-16/h4-6,9-10,16,20H,7-8,11H2,1-3H3. The van der Waals surface area contributed by atoms with Crippen molar-refractivity contribution in [2.24, 2.45) is 0 Å². The lowest BCUT2D eigenvalue weighted by atomic mass is 10.1. The second kappa shape index (κ2) is 5.86. The van der Waals surface area contributed by atoms with Crippen LogP contribution in [0, 0.1) is 20.8 Å². The fraction of sp³-hybridized carbons (Fsp3) is 0.389. The van der Waals surface area contributed by atoms with E-state index in [0.717, 1.165) is 29.3 Å². The van der Waals surface area contributed by atoms with Gasteiger partial charge in [0, 0.05) is 36.1 Å². The number of nitrogens with one attached hydrogen (secondary N) is 1. The van der Waals surface area contributed by atoms with Crippen LogP contribution in [0.15, 0.2) is 30.5 Å². The molecule has 1 aromatic carbocycles. The molecule has 0 amide bonds. The van der Waals surface area contributed by atoms with Gasteiger partial charge in [-0.15, -0.1) is 0 Å². The highest BCUT2D eigenvalue weighted by atomic mass is 16.5. The monoisotopic (exact) mass is 282 g/mol. The average molecular weight is 282 g/mol. The van der Waals surface area contributed by atoms with E-state index in [1.54, 1.807) is 0 Å². The topological polar surface area (TPSA) is 34.1 Å². The molecule has 21 heavy (non-hydrogen) atoms. The highest BCUT2D eigenvalue weighted by Crippen LogP contribution is 2.30. The van der Waals surface area contributed by atoms with Crippen LogP contribution < -0.4 is 10.1 Å². The summed E-state index contributed by atoms with van der Waals surface area (Å²) in [4.78, 5) is 4.40. The van der Waals surface area contributed by atoms with Crippen LogP contribution in [0.5, 0.6) is 11.5 Å². The zero-order valence-electron chi connectivity index (χ0n) is 12.9. The molecule has 1 heterocycles. The molecule has 0 unspecified atom stereocenters. The number of hydrogen-bond donors (Lipinski definition) is 1. The molecule has 3 heteroatoms. The van der Waals surface area contributed by atoms with E-state index in [1.807, 2.05) is 31.3 Å². The van der Waals surface area contributed by atoms with E-state index in [-0.39, 0.29) is 0 Å². The SMILES string of the molecule is Cc1cc(Oc2cccc(C)c2C)c(CNC2CC2)cn1. The minimum absolute atomic E-state index is 0.680. The maximum Gasteiger partial charge on any atom is 0.135 e. The Hall–Kier alpha value is -1.87. The molecule has 0 aliphatic heterocycles. The molecule has 0 radical (unpaired) electrons. The largest absolute Gasteiger partial charge is 0.457 e. The number of aryl methyl sites for hydroxylation is 2. The van der Waals surface area contributed by atoms with Crippen LogP contribution in [-0.4, -0.2) is 11.0 Å². The second-order valence-electron chi connectivity index (χ2n) is 5.89. The van der Waals surface area contributed by atoms with Gasteiger partial charge in [0.2, 0.25) is 0 Å². The maximum atomic E-state index is 6.17. The number of aromatic nitrogens is 1. The quantitative estimate of drug-likeness (QED) is 0.898. The van der Waals surface area contributed by atoms with Gasteiger partial charge in [-0.3, -0.25) is 4.98 Å². The van der Waals surface area contributed by atoms with Crippen molar-refractivity contribution in [3.8, 4) is 11.5 Å². The molecule has 1 N–H and O–H groups in total. The summed E-state index contributed by atoms with van der Waals surface area (Å²) in [7, 11) is 0. The third-order valence-electron chi connectivity index (χ3n) is 4.01. The molecule has 1 saturated carbocycles. The lowest BCUT2D eigenvalue weighted by Crippen LogP contribution is -2.16.